The molecule has 7 rings (SSSR count). The van der Waals surface area contributed by atoms with Crippen LogP contribution in [0.3, 0.4) is 0 Å². The summed E-state index contributed by atoms with van der Waals surface area (Å²) in [7, 11) is 0. The van der Waals surface area contributed by atoms with Gasteiger partial charge in [-0.15, -0.1) is 0 Å². The lowest BCUT2D eigenvalue weighted by Gasteiger charge is -2.21. The molecule has 40 heavy (non-hydrogen) atoms. The van der Waals surface area contributed by atoms with Crippen molar-refractivity contribution in [2.45, 2.75) is 53.4 Å². The maximum Gasteiger partial charge on any atom is -0.00264 e. The summed E-state index contributed by atoms with van der Waals surface area (Å²) in [6, 6.07) is 37.2. The normalized spacial score (nSPS) is 11.9. The molecule has 0 radical (unpaired) electrons. The molecule has 0 amide bonds. The van der Waals surface area contributed by atoms with Gasteiger partial charge in [0.1, 0.15) is 0 Å². The Labute approximate surface area is 238 Å². The molecule has 0 saturated carbocycles. The number of rotatable bonds is 6. The van der Waals surface area contributed by atoms with E-state index < -0.39 is 0 Å². The first-order valence-electron chi connectivity index (χ1n) is 15.0. The molecule has 6 aromatic rings. The first-order valence-corrected chi connectivity index (χ1v) is 15.0. The van der Waals surface area contributed by atoms with Crippen LogP contribution in [0.5, 0.6) is 0 Å². The molecule has 0 fully saturated rings. The van der Waals surface area contributed by atoms with E-state index >= 15 is 0 Å². The topological polar surface area (TPSA) is 0 Å². The van der Waals surface area contributed by atoms with Crippen molar-refractivity contribution < 1.29 is 0 Å². The summed E-state index contributed by atoms with van der Waals surface area (Å²) in [4.78, 5) is 0. The summed E-state index contributed by atoms with van der Waals surface area (Å²) in [6.07, 6.45) is 4.11. The quantitative estimate of drug-likeness (QED) is 0.206. The first kappa shape index (κ1) is 24.9. The summed E-state index contributed by atoms with van der Waals surface area (Å²) in [5.41, 5.74) is 16.8. The lowest BCUT2D eigenvalue weighted by atomic mass is 9.83. The van der Waals surface area contributed by atoms with E-state index in [1.54, 1.807) is 0 Å². The van der Waals surface area contributed by atoms with Gasteiger partial charge in [-0.1, -0.05) is 113 Å². The molecule has 196 valence electrons. The molecule has 1 aliphatic carbocycles. The third-order valence-corrected chi connectivity index (χ3v) is 9.18. The molecule has 0 unspecified atom stereocenters. The standard InChI is InChI=1S/C40H36/c1-5-25-13-9-14-26(6-2)38(25)32-21-22-33(39-27(7-3)15-10-16-28(39)8-4)37-24-35-31-20-12-18-29-17-11-19-30(40(29)31)34(35)23-36(32)37/h9-24H,5-8H2,1-4H3. The minimum Gasteiger partial charge on any atom is -0.0617 e. The van der Waals surface area contributed by atoms with E-state index in [4.69, 9.17) is 0 Å². The molecule has 1 aliphatic rings. The van der Waals surface area contributed by atoms with Crippen molar-refractivity contribution in [1.82, 2.24) is 0 Å². The third kappa shape index (κ3) is 3.59. The maximum atomic E-state index is 2.52. The Kier molecular flexibility index (Phi) is 6.08. The van der Waals surface area contributed by atoms with E-state index in [2.05, 4.69) is 125 Å². The van der Waals surface area contributed by atoms with Gasteiger partial charge >= 0.3 is 0 Å². The van der Waals surface area contributed by atoms with Gasteiger partial charge < -0.3 is 0 Å². The van der Waals surface area contributed by atoms with Gasteiger partial charge in [0, 0.05) is 0 Å². The highest BCUT2D eigenvalue weighted by molar-refractivity contribution is 6.20. The Bertz CT molecular complexity index is 1750. The Balaban J connectivity index is 1.64. The molecule has 0 aromatic heterocycles. The number of aryl methyl sites for hydroxylation is 4. The van der Waals surface area contributed by atoms with Crippen LogP contribution in [-0.2, 0) is 25.7 Å². The summed E-state index contributed by atoms with van der Waals surface area (Å²) in [5, 5.41) is 5.45. The number of benzene rings is 6. The number of hydrogen-bond donors (Lipinski definition) is 0. The van der Waals surface area contributed by atoms with Crippen molar-refractivity contribution in [1.29, 1.82) is 0 Å². The summed E-state index contributed by atoms with van der Waals surface area (Å²) in [6.45, 7) is 9.15. The molecule has 0 spiro atoms. The van der Waals surface area contributed by atoms with Crippen LogP contribution in [0.1, 0.15) is 49.9 Å². The van der Waals surface area contributed by atoms with Gasteiger partial charge in [-0.05, 0) is 126 Å². The first-order chi connectivity index (χ1) is 19.7. The zero-order chi connectivity index (χ0) is 27.4. The largest absolute Gasteiger partial charge is 0.0617 e. The molecule has 0 aliphatic heterocycles. The van der Waals surface area contributed by atoms with Gasteiger partial charge in [0.15, 0.2) is 0 Å². The van der Waals surface area contributed by atoms with E-state index in [1.165, 1.54) is 88.3 Å². The van der Waals surface area contributed by atoms with Gasteiger partial charge in [-0.3, -0.25) is 0 Å². The van der Waals surface area contributed by atoms with Crippen LogP contribution < -0.4 is 0 Å². The third-order valence-electron chi connectivity index (χ3n) is 9.18. The monoisotopic (exact) mass is 516 g/mol. The molecular weight excluding hydrogens is 480 g/mol. The fourth-order valence-corrected chi connectivity index (χ4v) is 7.24. The maximum absolute atomic E-state index is 2.52. The van der Waals surface area contributed by atoms with Gasteiger partial charge in [0.25, 0.3) is 0 Å². The second-order valence-electron chi connectivity index (χ2n) is 11.1. The molecule has 0 N–H and O–H groups in total. The Hall–Kier alpha value is -4.16. The Morgan fingerprint density at radius 3 is 1.12 bits per heavy atom. The average Bonchev–Trinajstić information content (AvgIpc) is 3.33. The van der Waals surface area contributed by atoms with Crippen LogP contribution in [0.4, 0.5) is 0 Å². The minimum absolute atomic E-state index is 1.03. The fraction of sp³-hybridized carbons (Fsp3) is 0.200. The summed E-state index contributed by atoms with van der Waals surface area (Å²) >= 11 is 0. The van der Waals surface area contributed by atoms with E-state index in [9.17, 15) is 0 Å². The minimum atomic E-state index is 1.03. The van der Waals surface area contributed by atoms with Crippen LogP contribution in [0.25, 0.3) is 66.1 Å². The zero-order valence-electron chi connectivity index (χ0n) is 24.1. The van der Waals surface area contributed by atoms with Gasteiger partial charge in [-0.25, -0.2) is 0 Å². The zero-order valence-corrected chi connectivity index (χ0v) is 24.1. The van der Waals surface area contributed by atoms with Gasteiger partial charge in [0.05, 0.1) is 0 Å². The van der Waals surface area contributed by atoms with Crippen molar-refractivity contribution in [2.24, 2.45) is 0 Å². The van der Waals surface area contributed by atoms with E-state index in [0.717, 1.165) is 25.7 Å². The predicted octanol–water partition coefficient (Wildman–Crippen LogP) is 11.2. The van der Waals surface area contributed by atoms with Crippen LogP contribution in [0, 0.1) is 0 Å². The summed E-state index contributed by atoms with van der Waals surface area (Å²) in [5.74, 6) is 0. The van der Waals surface area contributed by atoms with E-state index in [1.807, 2.05) is 0 Å². The predicted molar refractivity (Wildman–Crippen MR) is 174 cm³/mol. The van der Waals surface area contributed by atoms with Crippen LogP contribution in [-0.4, -0.2) is 0 Å². The molecule has 0 heteroatoms. The lowest BCUT2D eigenvalue weighted by molar-refractivity contribution is 1.09. The highest BCUT2D eigenvalue weighted by atomic mass is 14.3. The SMILES string of the molecule is CCc1cccc(CC)c1-c1ccc(-c2c(CC)cccc2CC)c2cc3c(cc12)-c1cccc2cccc-3c12. The molecule has 6 aromatic carbocycles. The van der Waals surface area contributed by atoms with Crippen molar-refractivity contribution in [2.75, 3.05) is 0 Å². The van der Waals surface area contributed by atoms with Crippen LogP contribution in [0.15, 0.2) is 97.1 Å². The smallest absolute Gasteiger partial charge is 0.00264 e. The van der Waals surface area contributed by atoms with Crippen molar-refractivity contribution in [3.05, 3.63) is 119 Å². The Morgan fingerprint density at radius 2 is 0.750 bits per heavy atom. The molecule has 0 bridgehead atoms. The highest BCUT2D eigenvalue weighted by Gasteiger charge is 2.25. The van der Waals surface area contributed by atoms with Gasteiger partial charge in [-0.2, -0.15) is 0 Å². The van der Waals surface area contributed by atoms with E-state index in [-0.39, 0.29) is 0 Å². The fourth-order valence-electron chi connectivity index (χ4n) is 7.24. The van der Waals surface area contributed by atoms with Crippen LogP contribution >= 0.6 is 0 Å². The van der Waals surface area contributed by atoms with Crippen molar-refractivity contribution in [3.8, 4) is 44.5 Å². The van der Waals surface area contributed by atoms with Gasteiger partial charge in [0.2, 0.25) is 0 Å². The van der Waals surface area contributed by atoms with Crippen molar-refractivity contribution in [3.63, 3.8) is 0 Å². The highest BCUT2D eigenvalue weighted by Crippen LogP contribution is 2.51. The lowest BCUT2D eigenvalue weighted by Crippen LogP contribution is -1.98. The average molecular weight is 517 g/mol. The van der Waals surface area contributed by atoms with E-state index in [0.29, 0.717) is 0 Å². The van der Waals surface area contributed by atoms with Crippen molar-refractivity contribution >= 4 is 21.5 Å². The molecule has 0 atom stereocenters. The number of fused-ring (bicyclic) bond motifs is 4. The molecular formula is C40H36. The Morgan fingerprint density at radius 1 is 0.375 bits per heavy atom. The second-order valence-corrected chi connectivity index (χ2v) is 11.1. The second kappa shape index (κ2) is 9.79. The van der Waals surface area contributed by atoms with Crippen LogP contribution in [0.2, 0.25) is 0 Å². The summed E-state index contributed by atoms with van der Waals surface area (Å²) < 4.78 is 0. The molecule has 0 heterocycles. The molecule has 0 nitrogen and oxygen atoms in total. The number of hydrogen-bond acceptors (Lipinski definition) is 0. The molecule has 0 saturated heterocycles.